The first-order valence-corrected chi connectivity index (χ1v) is 5.82. The van der Waals surface area contributed by atoms with Crippen LogP contribution in [0.5, 0.6) is 0 Å². The molecule has 90 valence electrons. The van der Waals surface area contributed by atoms with Crippen LogP contribution in [0.3, 0.4) is 0 Å². The monoisotopic (exact) mass is 287 g/mol. The van der Waals surface area contributed by atoms with E-state index in [-0.39, 0.29) is 5.41 Å². The van der Waals surface area contributed by atoms with Crippen molar-refractivity contribution in [1.82, 2.24) is 9.97 Å². The second-order valence-electron chi connectivity index (χ2n) is 4.92. The van der Waals surface area contributed by atoms with Gasteiger partial charge in [-0.15, -0.1) is 0 Å². The highest BCUT2D eigenvalue weighted by molar-refractivity contribution is 9.10. The van der Waals surface area contributed by atoms with Crippen LogP contribution < -0.4 is 16.2 Å². The fourth-order valence-corrected chi connectivity index (χ4v) is 2.14. The number of halogens is 1. The van der Waals surface area contributed by atoms with Crippen molar-refractivity contribution in [3.05, 3.63) is 10.8 Å². The van der Waals surface area contributed by atoms with Crippen molar-refractivity contribution in [2.24, 2.45) is 11.3 Å². The Morgan fingerprint density at radius 3 is 2.56 bits per heavy atom. The third kappa shape index (κ3) is 3.31. The fraction of sp³-hybridized carbons (Fsp3) is 0.600. The zero-order valence-corrected chi connectivity index (χ0v) is 11.7. The Hall–Kier alpha value is -0.880. The van der Waals surface area contributed by atoms with E-state index in [9.17, 15) is 0 Å². The lowest BCUT2D eigenvalue weighted by Crippen LogP contribution is -2.30. The van der Waals surface area contributed by atoms with Crippen molar-refractivity contribution in [2.45, 2.75) is 20.8 Å². The molecule has 0 aliphatic heterocycles. The molecule has 0 saturated carbocycles. The van der Waals surface area contributed by atoms with Crippen LogP contribution in [-0.2, 0) is 0 Å². The van der Waals surface area contributed by atoms with Crippen LogP contribution in [0.4, 0.5) is 11.6 Å². The minimum Gasteiger partial charge on any atom is -0.358 e. The Morgan fingerprint density at radius 2 is 2.06 bits per heavy atom. The zero-order chi connectivity index (χ0) is 12.3. The number of hydrogen-bond donors (Lipinski definition) is 2. The highest BCUT2D eigenvalue weighted by Crippen LogP contribution is 2.29. The van der Waals surface area contributed by atoms with Crippen LogP contribution in [-0.4, -0.2) is 23.6 Å². The summed E-state index contributed by atoms with van der Waals surface area (Å²) in [5.41, 5.74) is 2.73. The third-order valence-corrected chi connectivity index (χ3v) is 2.71. The van der Waals surface area contributed by atoms with Crippen molar-refractivity contribution < 1.29 is 0 Å². The molecule has 3 N–H and O–H groups in total. The van der Waals surface area contributed by atoms with E-state index in [1.807, 2.05) is 7.05 Å². The first-order chi connectivity index (χ1) is 7.35. The third-order valence-electron chi connectivity index (χ3n) is 1.98. The first-order valence-electron chi connectivity index (χ1n) is 5.03. The minimum absolute atomic E-state index is 0.204. The Balaban J connectivity index is 2.95. The van der Waals surface area contributed by atoms with E-state index in [1.165, 1.54) is 6.33 Å². The lowest BCUT2D eigenvalue weighted by Gasteiger charge is -2.28. The number of rotatable bonds is 3. The molecule has 0 saturated heterocycles. The number of nitrogens with one attached hydrogen (secondary N) is 1. The van der Waals surface area contributed by atoms with Gasteiger partial charge in [0.2, 0.25) is 0 Å². The average molecular weight is 288 g/mol. The zero-order valence-electron chi connectivity index (χ0n) is 10.1. The second kappa shape index (κ2) is 4.97. The van der Waals surface area contributed by atoms with Crippen LogP contribution in [0.25, 0.3) is 0 Å². The molecular formula is C10H18BrN5. The molecule has 0 aliphatic rings. The smallest absolute Gasteiger partial charge is 0.159 e. The summed E-state index contributed by atoms with van der Waals surface area (Å²) in [4.78, 5) is 10.3. The maximum atomic E-state index is 5.36. The number of nitrogens with two attached hydrogens (primary N) is 1. The van der Waals surface area contributed by atoms with Gasteiger partial charge in [-0.1, -0.05) is 20.8 Å². The Labute approximate surface area is 105 Å². The predicted molar refractivity (Wildman–Crippen MR) is 70.3 cm³/mol. The summed E-state index contributed by atoms with van der Waals surface area (Å²) in [6.45, 7) is 7.44. The molecule has 0 bridgehead atoms. The maximum Gasteiger partial charge on any atom is 0.159 e. The van der Waals surface area contributed by atoms with E-state index < -0.39 is 0 Å². The van der Waals surface area contributed by atoms with Gasteiger partial charge in [-0.05, 0) is 21.3 Å². The van der Waals surface area contributed by atoms with Gasteiger partial charge in [-0.25, -0.2) is 15.8 Å². The summed E-state index contributed by atoms with van der Waals surface area (Å²) in [5, 5.41) is 0. The standard InChI is InChI=1S/C10H18BrN5/c1-10(2,3)5-16(4)9-7(11)8(15-12)13-6-14-9/h6H,5,12H2,1-4H3,(H,13,14,15). The second-order valence-corrected chi connectivity index (χ2v) is 5.71. The van der Waals surface area contributed by atoms with E-state index in [1.54, 1.807) is 0 Å². The molecule has 0 fully saturated rings. The Morgan fingerprint density at radius 1 is 1.44 bits per heavy atom. The largest absolute Gasteiger partial charge is 0.358 e. The van der Waals surface area contributed by atoms with Crippen molar-refractivity contribution in [3.63, 3.8) is 0 Å². The number of nitrogen functional groups attached to an aromatic ring is 1. The topological polar surface area (TPSA) is 67.1 Å². The van der Waals surface area contributed by atoms with Crippen molar-refractivity contribution in [2.75, 3.05) is 23.9 Å². The molecule has 0 radical (unpaired) electrons. The minimum atomic E-state index is 0.204. The quantitative estimate of drug-likeness (QED) is 0.658. The molecule has 1 aromatic heterocycles. The van der Waals surface area contributed by atoms with Crippen LogP contribution in [0.15, 0.2) is 10.8 Å². The number of aromatic nitrogens is 2. The summed E-state index contributed by atoms with van der Waals surface area (Å²) in [6.07, 6.45) is 1.49. The molecule has 5 nitrogen and oxygen atoms in total. The molecule has 1 heterocycles. The Kier molecular flexibility index (Phi) is 4.09. The number of nitrogens with zero attached hydrogens (tertiary/aromatic N) is 3. The van der Waals surface area contributed by atoms with Crippen molar-refractivity contribution in [1.29, 1.82) is 0 Å². The van der Waals surface area contributed by atoms with Gasteiger partial charge >= 0.3 is 0 Å². The molecule has 0 spiro atoms. The number of hydrogen-bond acceptors (Lipinski definition) is 5. The van der Waals surface area contributed by atoms with Crippen LogP contribution in [0.2, 0.25) is 0 Å². The summed E-state index contributed by atoms with van der Waals surface area (Å²) in [7, 11) is 2.00. The van der Waals surface area contributed by atoms with Gasteiger partial charge in [0.25, 0.3) is 0 Å². The molecule has 1 rings (SSSR count). The normalized spacial score (nSPS) is 11.4. The van der Waals surface area contributed by atoms with Gasteiger partial charge in [-0.3, -0.25) is 0 Å². The van der Waals surface area contributed by atoms with Crippen LogP contribution >= 0.6 is 15.9 Å². The van der Waals surface area contributed by atoms with Gasteiger partial charge in [0.1, 0.15) is 16.6 Å². The Bertz CT molecular complexity index is 361. The molecule has 0 amide bonds. The van der Waals surface area contributed by atoms with E-state index in [0.717, 1.165) is 16.8 Å². The fourth-order valence-electron chi connectivity index (χ4n) is 1.51. The van der Waals surface area contributed by atoms with E-state index in [4.69, 9.17) is 5.84 Å². The van der Waals surface area contributed by atoms with Gasteiger partial charge in [-0.2, -0.15) is 0 Å². The molecule has 0 atom stereocenters. The number of anilines is 2. The lowest BCUT2D eigenvalue weighted by atomic mass is 9.96. The summed E-state index contributed by atoms with van der Waals surface area (Å²) in [5.74, 6) is 6.78. The van der Waals surface area contributed by atoms with Gasteiger partial charge < -0.3 is 10.3 Å². The average Bonchev–Trinajstić information content (AvgIpc) is 2.15. The molecule has 6 heteroatoms. The maximum absolute atomic E-state index is 5.36. The molecular weight excluding hydrogens is 270 g/mol. The molecule has 1 aromatic rings. The van der Waals surface area contributed by atoms with Crippen molar-refractivity contribution in [3.8, 4) is 0 Å². The predicted octanol–water partition coefficient (Wildman–Crippen LogP) is 2.01. The lowest BCUT2D eigenvalue weighted by molar-refractivity contribution is 0.417. The summed E-state index contributed by atoms with van der Waals surface area (Å²) >= 11 is 3.44. The molecule has 16 heavy (non-hydrogen) atoms. The van der Waals surface area contributed by atoms with Crippen molar-refractivity contribution >= 4 is 27.6 Å². The highest BCUT2D eigenvalue weighted by Gasteiger charge is 2.18. The molecule has 0 aromatic carbocycles. The van der Waals surface area contributed by atoms with E-state index >= 15 is 0 Å². The highest BCUT2D eigenvalue weighted by atomic mass is 79.9. The summed E-state index contributed by atoms with van der Waals surface area (Å²) in [6, 6.07) is 0. The summed E-state index contributed by atoms with van der Waals surface area (Å²) < 4.78 is 0.782. The SMILES string of the molecule is CN(CC(C)(C)C)c1ncnc(NN)c1Br. The van der Waals surface area contributed by atoms with Gasteiger partial charge in [0, 0.05) is 13.6 Å². The van der Waals surface area contributed by atoms with Crippen LogP contribution in [0.1, 0.15) is 20.8 Å². The number of hydrazine groups is 1. The van der Waals surface area contributed by atoms with E-state index in [2.05, 4.69) is 57.0 Å². The molecule has 0 unspecified atom stereocenters. The van der Waals surface area contributed by atoms with Gasteiger partial charge in [0.15, 0.2) is 5.82 Å². The first kappa shape index (κ1) is 13.2. The van der Waals surface area contributed by atoms with Gasteiger partial charge in [0.05, 0.1) is 0 Å². The molecule has 0 aliphatic carbocycles. The van der Waals surface area contributed by atoms with E-state index in [0.29, 0.717) is 5.82 Å². The van der Waals surface area contributed by atoms with Crippen LogP contribution in [0, 0.1) is 5.41 Å².